The minimum Gasteiger partial charge on any atom is -0.335 e. The van der Waals surface area contributed by atoms with E-state index in [9.17, 15) is 4.79 Å². The first kappa shape index (κ1) is 9.71. The maximum Gasteiger partial charge on any atom is 0.264 e. The van der Waals surface area contributed by atoms with Crippen molar-refractivity contribution in [1.29, 1.82) is 0 Å². The van der Waals surface area contributed by atoms with Crippen LogP contribution in [-0.4, -0.2) is 23.4 Å². The van der Waals surface area contributed by atoms with E-state index in [4.69, 9.17) is 0 Å². The highest BCUT2D eigenvalue weighted by molar-refractivity contribution is 7.13. The zero-order valence-electron chi connectivity index (χ0n) is 8.62. The molecule has 2 rings (SSSR count). The second-order valence-corrected chi connectivity index (χ2v) is 5.02. The van der Waals surface area contributed by atoms with Crippen LogP contribution in [0.15, 0.2) is 12.1 Å². The second-order valence-electron chi connectivity index (χ2n) is 3.73. The lowest BCUT2D eigenvalue weighted by molar-refractivity contribution is 0.0757. The maximum absolute atomic E-state index is 12.0. The van der Waals surface area contributed by atoms with Crippen LogP contribution in [0.2, 0.25) is 0 Å². The Bertz CT molecular complexity index is 341. The van der Waals surface area contributed by atoms with E-state index in [1.165, 1.54) is 17.7 Å². The minimum atomic E-state index is 0.216. The number of amides is 1. The minimum absolute atomic E-state index is 0.216. The lowest BCUT2D eigenvalue weighted by Gasteiger charge is -2.19. The van der Waals surface area contributed by atoms with Crippen molar-refractivity contribution < 1.29 is 4.79 Å². The van der Waals surface area contributed by atoms with E-state index in [-0.39, 0.29) is 5.91 Å². The molecule has 1 aliphatic rings. The van der Waals surface area contributed by atoms with E-state index in [1.54, 1.807) is 11.3 Å². The van der Waals surface area contributed by atoms with Crippen molar-refractivity contribution in [2.24, 2.45) is 0 Å². The van der Waals surface area contributed by atoms with E-state index >= 15 is 0 Å². The Kier molecular flexibility index (Phi) is 2.59. The van der Waals surface area contributed by atoms with E-state index < -0.39 is 0 Å². The first-order chi connectivity index (χ1) is 6.72. The summed E-state index contributed by atoms with van der Waals surface area (Å²) in [5.41, 5.74) is 0. The molecule has 1 heterocycles. The molecule has 0 spiro atoms. The molecule has 0 unspecified atom stereocenters. The monoisotopic (exact) mass is 209 g/mol. The highest BCUT2D eigenvalue weighted by Gasteiger charge is 2.32. The number of hydrogen-bond acceptors (Lipinski definition) is 2. The molecule has 1 saturated carbocycles. The van der Waals surface area contributed by atoms with Gasteiger partial charge >= 0.3 is 0 Å². The van der Waals surface area contributed by atoms with Crippen LogP contribution in [0.4, 0.5) is 0 Å². The fraction of sp³-hybridized carbons (Fsp3) is 0.545. The van der Waals surface area contributed by atoms with Crippen LogP contribution in [0.3, 0.4) is 0 Å². The molecule has 0 radical (unpaired) electrons. The fourth-order valence-corrected chi connectivity index (χ4v) is 2.47. The summed E-state index contributed by atoms with van der Waals surface area (Å²) >= 11 is 1.59. The van der Waals surface area contributed by atoms with Crippen molar-refractivity contribution >= 4 is 17.2 Å². The first-order valence-corrected chi connectivity index (χ1v) is 5.91. The number of aryl methyl sites for hydroxylation is 1. The van der Waals surface area contributed by atoms with E-state index in [0.29, 0.717) is 6.04 Å². The van der Waals surface area contributed by atoms with Crippen LogP contribution in [0.1, 0.15) is 34.3 Å². The van der Waals surface area contributed by atoms with Gasteiger partial charge in [-0.2, -0.15) is 0 Å². The zero-order valence-corrected chi connectivity index (χ0v) is 9.43. The summed E-state index contributed by atoms with van der Waals surface area (Å²) in [7, 11) is 0. The largest absolute Gasteiger partial charge is 0.335 e. The zero-order chi connectivity index (χ0) is 10.1. The third-order valence-electron chi connectivity index (χ3n) is 2.54. The summed E-state index contributed by atoms with van der Waals surface area (Å²) in [5.74, 6) is 0.216. The number of carbonyl (C=O) groups excluding carboxylic acids is 1. The molecule has 0 bridgehead atoms. The lowest BCUT2D eigenvalue weighted by atomic mass is 10.3. The van der Waals surface area contributed by atoms with E-state index in [1.807, 2.05) is 24.0 Å². The van der Waals surface area contributed by atoms with Gasteiger partial charge in [0.1, 0.15) is 0 Å². The summed E-state index contributed by atoms with van der Waals surface area (Å²) in [6.45, 7) is 4.92. The van der Waals surface area contributed by atoms with Crippen LogP contribution >= 0.6 is 11.3 Å². The molecule has 2 nitrogen and oxygen atoms in total. The van der Waals surface area contributed by atoms with Gasteiger partial charge in [-0.1, -0.05) is 0 Å². The molecule has 76 valence electrons. The van der Waals surface area contributed by atoms with Gasteiger partial charge in [-0.3, -0.25) is 4.79 Å². The van der Waals surface area contributed by atoms with Crippen molar-refractivity contribution in [3.63, 3.8) is 0 Å². The number of nitrogens with zero attached hydrogens (tertiary/aromatic N) is 1. The molecule has 0 aliphatic heterocycles. The van der Waals surface area contributed by atoms with E-state index in [2.05, 4.69) is 6.92 Å². The van der Waals surface area contributed by atoms with Crippen LogP contribution in [0, 0.1) is 6.92 Å². The van der Waals surface area contributed by atoms with Gasteiger partial charge < -0.3 is 4.90 Å². The van der Waals surface area contributed by atoms with E-state index in [0.717, 1.165) is 11.4 Å². The summed E-state index contributed by atoms with van der Waals surface area (Å²) < 4.78 is 0. The van der Waals surface area contributed by atoms with Gasteiger partial charge in [-0.25, -0.2) is 0 Å². The van der Waals surface area contributed by atoms with Crippen LogP contribution in [-0.2, 0) is 0 Å². The molecule has 0 saturated heterocycles. The lowest BCUT2D eigenvalue weighted by Crippen LogP contribution is -2.32. The average molecular weight is 209 g/mol. The first-order valence-electron chi connectivity index (χ1n) is 5.09. The highest BCUT2D eigenvalue weighted by Crippen LogP contribution is 2.29. The molecule has 3 heteroatoms. The maximum atomic E-state index is 12.0. The SMILES string of the molecule is CCN(C(=O)c1ccc(C)s1)C1CC1. The Morgan fingerprint density at radius 3 is 2.71 bits per heavy atom. The molecule has 1 fully saturated rings. The Morgan fingerprint density at radius 2 is 2.29 bits per heavy atom. The van der Waals surface area contributed by atoms with Gasteiger partial charge in [0.05, 0.1) is 4.88 Å². The molecule has 0 atom stereocenters. The van der Waals surface area contributed by atoms with Gasteiger partial charge in [-0.15, -0.1) is 11.3 Å². The Labute approximate surface area is 88.5 Å². The summed E-state index contributed by atoms with van der Waals surface area (Å²) in [6.07, 6.45) is 2.37. The third-order valence-corrected chi connectivity index (χ3v) is 3.53. The molecule has 1 aliphatic carbocycles. The predicted molar refractivity (Wildman–Crippen MR) is 58.8 cm³/mol. The Balaban J connectivity index is 2.13. The smallest absolute Gasteiger partial charge is 0.264 e. The Morgan fingerprint density at radius 1 is 1.57 bits per heavy atom. The third kappa shape index (κ3) is 1.82. The van der Waals surface area contributed by atoms with Crippen LogP contribution in [0.25, 0.3) is 0 Å². The standard InChI is InChI=1S/C11H15NOS/c1-3-12(9-5-6-9)11(13)10-7-4-8(2)14-10/h4,7,9H,3,5-6H2,1-2H3. The van der Waals surface area contributed by atoms with Gasteiger partial charge in [0.2, 0.25) is 0 Å². The van der Waals surface area contributed by atoms with Gasteiger partial charge in [-0.05, 0) is 38.8 Å². The van der Waals surface area contributed by atoms with Crippen molar-refractivity contribution in [1.82, 2.24) is 4.90 Å². The van der Waals surface area contributed by atoms with Crippen molar-refractivity contribution in [2.45, 2.75) is 32.7 Å². The molecule has 1 aromatic heterocycles. The Hall–Kier alpha value is -0.830. The summed E-state index contributed by atoms with van der Waals surface area (Å²) in [4.78, 5) is 16.1. The average Bonchev–Trinajstić information content (AvgIpc) is 2.90. The number of thiophene rings is 1. The predicted octanol–water partition coefficient (Wildman–Crippen LogP) is 2.68. The second kappa shape index (κ2) is 3.73. The quantitative estimate of drug-likeness (QED) is 0.749. The normalized spacial score (nSPS) is 15.6. The summed E-state index contributed by atoms with van der Waals surface area (Å²) in [6, 6.07) is 4.47. The number of rotatable bonds is 3. The fourth-order valence-electron chi connectivity index (χ4n) is 1.64. The molecule has 1 aromatic rings. The van der Waals surface area contributed by atoms with Gasteiger partial charge in [0.25, 0.3) is 5.91 Å². The molecule has 14 heavy (non-hydrogen) atoms. The van der Waals surface area contributed by atoms with Crippen molar-refractivity contribution in [3.8, 4) is 0 Å². The molecular formula is C11H15NOS. The van der Waals surface area contributed by atoms with Crippen LogP contribution in [0.5, 0.6) is 0 Å². The summed E-state index contributed by atoms with van der Waals surface area (Å²) in [5, 5.41) is 0. The highest BCUT2D eigenvalue weighted by atomic mass is 32.1. The molecular weight excluding hydrogens is 194 g/mol. The number of carbonyl (C=O) groups is 1. The molecule has 1 amide bonds. The van der Waals surface area contributed by atoms with Crippen LogP contribution < -0.4 is 0 Å². The van der Waals surface area contributed by atoms with Gasteiger partial charge in [0.15, 0.2) is 0 Å². The number of hydrogen-bond donors (Lipinski definition) is 0. The molecule has 0 N–H and O–H groups in total. The topological polar surface area (TPSA) is 20.3 Å². The van der Waals surface area contributed by atoms with Crippen molar-refractivity contribution in [3.05, 3.63) is 21.9 Å². The van der Waals surface area contributed by atoms with Gasteiger partial charge in [0, 0.05) is 17.5 Å². The molecule has 0 aromatic carbocycles. The van der Waals surface area contributed by atoms with Crippen molar-refractivity contribution in [2.75, 3.05) is 6.54 Å².